The lowest BCUT2D eigenvalue weighted by molar-refractivity contribution is 0.0994. The quantitative estimate of drug-likeness (QED) is 0.488. The first kappa shape index (κ1) is 13.1. The van der Waals surface area contributed by atoms with E-state index in [1.807, 2.05) is 6.92 Å². The second-order valence-corrected chi connectivity index (χ2v) is 5.41. The minimum atomic E-state index is -0.228. The van der Waals surface area contributed by atoms with Gasteiger partial charge in [-0.2, -0.15) is 0 Å². The second kappa shape index (κ2) is 5.98. The summed E-state index contributed by atoms with van der Waals surface area (Å²) >= 11 is 7.14. The third-order valence-corrected chi connectivity index (χ3v) is 3.56. The van der Waals surface area contributed by atoms with Crippen molar-refractivity contribution in [3.8, 4) is 0 Å². The number of hydrogen-bond donors (Lipinski definition) is 0. The molecule has 2 rings (SSSR count). The number of carbonyl (C=O) groups is 1. The van der Waals surface area contributed by atoms with E-state index in [2.05, 4.69) is 9.97 Å². The van der Waals surface area contributed by atoms with Crippen LogP contribution in [0.4, 0.5) is 0 Å². The number of rotatable bonds is 4. The van der Waals surface area contributed by atoms with Crippen LogP contribution in [0.1, 0.15) is 17.3 Å². The van der Waals surface area contributed by atoms with Crippen molar-refractivity contribution >= 4 is 29.1 Å². The van der Waals surface area contributed by atoms with E-state index in [9.17, 15) is 4.79 Å². The lowest BCUT2D eigenvalue weighted by atomic mass is 10.1. The molecule has 1 aromatic heterocycles. The first-order chi connectivity index (χ1) is 8.66. The van der Waals surface area contributed by atoms with Gasteiger partial charge in [-0.1, -0.05) is 23.4 Å². The first-order valence-corrected chi connectivity index (χ1v) is 6.66. The van der Waals surface area contributed by atoms with Crippen LogP contribution in [0.3, 0.4) is 0 Å². The van der Waals surface area contributed by atoms with Crippen LogP contribution in [-0.2, 0) is 0 Å². The van der Waals surface area contributed by atoms with Crippen molar-refractivity contribution in [1.82, 2.24) is 9.97 Å². The van der Waals surface area contributed by atoms with Crippen LogP contribution in [0.2, 0.25) is 5.02 Å². The van der Waals surface area contributed by atoms with Crippen LogP contribution in [-0.4, -0.2) is 21.0 Å². The topological polar surface area (TPSA) is 42.9 Å². The predicted octanol–water partition coefficient (Wildman–Crippen LogP) is 3.49. The molecule has 0 saturated heterocycles. The van der Waals surface area contributed by atoms with E-state index in [-0.39, 0.29) is 11.0 Å². The minimum absolute atomic E-state index is 0.0455. The van der Waals surface area contributed by atoms with Crippen molar-refractivity contribution < 1.29 is 4.79 Å². The Balaban J connectivity index is 2.07. The summed E-state index contributed by atoms with van der Waals surface area (Å²) in [6, 6.07) is 8.63. The van der Waals surface area contributed by atoms with Crippen molar-refractivity contribution in [3.05, 3.63) is 53.3 Å². The maximum Gasteiger partial charge on any atom is 0.188 e. The van der Waals surface area contributed by atoms with Crippen molar-refractivity contribution in [2.45, 2.75) is 17.3 Å². The molecule has 1 heterocycles. The summed E-state index contributed by atoms with van der Waals surface area (Å²) in [4.78, 5) is 20.3. The highest BCUT2D eigenvalue weighted by atomic mass is 35.5. The zero-order valence-corrected chi connectivity index (χ0v) is 11.3. The molecule has 5 heteroatoms. The van der Waals surface area contributed by atoms with Crippen molar-refractivity contribution in [3.63, 3.8) is 0 Å². The standard InChI is InChI=1S/C13H11ClN2OS/c1-9(18-13-15-7-2-8-16-13)12(17)10-3-5-11(14)6-4-10/h2-9H,1H3/t9-/m0/s1. The molecule has 0 bridgehead atoms. The van der Waals surface area contributed by atoms with Gasteiger partial charge in [0.25, 0.3) is 0 Å². The molecule has 18 heavy (non-hydrogen) atoms. The third-order valence-electron chi connectivity index (χ3n) is 2.32. The number of thioether (sulfide) groups is 1. The summed E-state index contributed by atoms with van der Waals surface area (Å²) in [6.07, 6.45) is 3.32. The second-order valence-electron chi connectivity index (χ2n) is 3.66. The molecule has 3 nitrogen and oxygen atoms in total. The predicted molar refractivity (Wildman–Crippen MR) is 73.1 cm³/mol. The highest BCUT2D eigenvalue weighted by Crippen LogP contribution is 2.22. The Labute approximate surface area is 115 Å². The molecule has 0 radical (unpaired) electrons. The average molecular weight is 279 g/mol. The Morgan fingerprint density at radius 2 is 1.83 bits per heavy atom. The number of Topliss-reactive ketones (excluding diaryl/α,β-unsaturated/α-hetero) is 1. The Kier molecular flexibility index (Phi) is 4.33. The Morgan fingerprint density at radius 3 is 2.44 bits per heavy atom. The summed E-state index contributed by atoms with van der Waals surface area (Å²) in [7, 11) is 0. The van der Waals surface area contributed by atoms with Gasteiger partial charge in [0.05, 0.1) is 5.25 Å². The summed E-state index contributed by atoms with van der Waals surface area (Å²) in [6.45, 7) is 1.85. The van der Waals surface area contributed by atoms with Crippen LogP contribution in [0, 0.1) is 0 Å². The number of carbonyl (C=O) groups excluding carboxylic acids is 1. The maximum atomic E-state index is 12.1. The molecule has 0 aliphatic rings. The molecule has 0 fully saturated rings. The molecule has 92 valence electrons. The highest BCUT2D eigenvalue weighted by Gasteiger charge is 2.17. The van der Waals surface area contributed by atoms with E-state index < -0.39 is 0 Å². The Hall–Kier alpha value is -1.39. The van der Waals surface area contributed by atoms with Gasteiger partial charge in [0, 0.05) is 23.0 Å². The highest BCUT2D eigenvalue weighted by molar-refractivity contribution is 8.00. The summed E-state index contributed by atoms with van der Waals surface area (Å²) in [5.74, 6) is 0.0455. The molecule has 0 saturated carbocycles. The fourth-order valence-electron chi connectivity index (χ4n) is 1.41. The molecule has 0 aliphatic heterocycles. The normalized spacial score (nSPS) is 12.1. The van der Waals surface area contributed by atoms with Gasteiger partial charge >= 0.3 is 0 Å². The molecule has 0 unspecified atom stereocenters. The number of nitrogens with zero attached hydrogens (tertiary/aromatic N) is 2. The first-order valence-electron chi connectivity index (χ1n) is 5.40. The fraction of sp³-hybridized carbons (Fsp3) is 0.154. The van der Waals surface area contributed by atoms with Gasteiger partial charge in [0.2, 0.25) is 0 Å². The van der Waals surface area contributed by atoms with Gasteiger partial charge in [0.15, 0.2) is 10.9 Å². The molecule has 0 N–H and O–H groups in total. The van der Waals surface area contributed by atoms with E-state index >= 15 is 0 Å². The van der Waals surface area contributed by atoms with Crippen molar-refractivity contribution in [2.24, 2.45) is 0 Å². The van der Waals surface area contributed by atoms with E-state index in [0.29, 0.717) is 15.7 Å². The van der Waals surface area contributed by atoms with E-state index in [0.717, 1.165) is 0 Å². The van der Waals surface area contributed by atoms with Crippen molar-refractivity contribution in [1.29, 1.82) is 0 Å². The average Bonchev–Trinajstić information content (AvgIpc) is 2.40. The zero-order chi connectivity index (χ0) is 13.0. The molecule has 0 spiro atoms. The number of aromatic nitrogens is 2. The molecule has 0 aliphatic carbocycles. The smallest absolute Gasteiger partial charge is 0.188 e. The zero-order valence-electron chi connectivity index (χ0n) is 9.71. The number of benzene rings is 1. The SMILES string of the molecule is C[C@H](Sc1ncccn1)C(=O)c1ccc(Cl)cc1. The largest absolute Gasteiger partial charge is 0.293 e. The lowest BCUT2D eigenvalue weighted by Gasteiger charge is -2.08. The van der Waals surface area contributed by atoms with Crippen LogP contribution in [0.5, 0.6) is 0 Å². The minimum Gasteiger partial charge on any atom is -0.293 e. The van der Waals surface area contributed by atoms with Gasteiger partial charge < -0.3 is 0 Å². The number of hydrogen-bond acceptors (Lipinski definition) is 4. The molecular formula is C13H11ClN2OS. The van der Waals surface area contributed by atoms with E-state index in [1.165, 1.54) is 11.8 Å². The van der Waals surface area contributed by atoms with Gasteiger partial charge in [-0.05, 0) is 37.3 Å². The summed E-state index contributed by atoms with van der Waals surface area (Å²) in [5.41, 5.74) is 0.648. The number of ketones is 1. The monoisotopic (exact) mass is 278 g/mol. The van der Waals surface area contributed by atoms with E-state index in [1.54, 1.807) is 42.7 Å². The summed E-state index contributed by atoms with van der Waals surface area (Å²) < 4.78 is 0. The van der Waals surface area contributed by atoms with Crippen LogP contribution in [0.25, 0.3) is 0 Å². The Bertz CT molecular complexity index is 530. The fourth-order valence-corrected chi connectivity index (χ4v) is 2.34. The van der Waals surface area contributed by atoms with Gasteiger partial charge in [0.1, 0.15) is 0 Å². The van der Waals surface area contributed by atoms with Crippen molar-refractivity contribution in [2.75, 3.05) is 0 Å². The number of halogens is 1. The molecule has 2 aromatic rings. The summed E-state index contributed by atoms with van der Waals surface area (Å²) in [5, 5.41) is 0.999. The lowest BCUT2D eigenvalue weighted by Crippen LogP contribution is -2.13. The molecular weight excluding hydrogens is 268 g/mol. The van der Waals surface area contributed by atoms with E-state index in [4.69, 9.17) is 11.6 Å². The van der Waals surface area contributed by atoms with Crippen LogP contribution < -0.4 is 0 Å². The molecule has 1 aromatic carbocycles. The van der Waals surface area contributed by atoms with Gasteiger partial charge in [-0.15, -0.1) is 0 Å². The third kappa shape index (κ3) is 3.31. The van der Waals surface area contributed by atoms with Gasteiger partial charge in [-0.3, -0.25) is 4.79 Å². The molecule has 0 amide bonds. The maximum absolute atomic E-state index is 12.1. The Morgan fingerprint density at radius 1 is 1.22 bits per heavy atom. The molecule has 1 atom stereocenters. The van der Waals surface area contributed by atoms with Gasteiger partial charge in [-0.25, -0.2) is 9.97 Å². The van der Waals surface area contributed by atoms with Crippen LogP contribution in [0.15, 0.2) is 47.9 Å². The van der Waals surface area contributed by atoms with Crippen LogP contribution >= 0.6 is 23.4 Å².